The van der Waals surface area contributed by atoms with Crippen LogP contribution in [0.25, 0.3) is 0 Å². The van der Waals surface area contributed by atoms with E-state index in [1.54, 1.807) is 0 Å². The van der Waals surface area contributed by atoms with Crippen LogP contribution in [0.1, 0.15) is 26.7 Å². The first-order valence-electron chi connectivity index (χ1n) is 5.83. The molecule has 0 aromatic carbocycles. The molecule has 88 valence electrons. The number of carbonyl (C=O) groups excluding carboxylic acids is 1. The molecule has 1 fully saturated rings. The van der Waals surface area contributed by atoms with Crippen LogP contribution in [0.4, 0.5) is 0 Å². The monoisotopic (exact) mass is 214 g/mol. The smallest absolute Gasteiger partial charge is 0.227 e. The van der Waals surface area contributed by atoms with E-state index in [0.717, 1.165) is 19.5 Å². The number of amides is 1. The Labute approximate surface area is 91.6 Å². The second-order valence-corrected chi connectivity index (χ2v) is 4.13. The molecule has 4 nitrogen and oxygen atoms in total. The van der Waals surface area contributed by atoms with Crippen molar-refractivity contribution in [1.82, 2.24) is 10.2 Å². The molecule has 0 aliphatic carbocycles. The molecule has 0 aromatic heterocycles. The molecule has 0 spiro atoms. The van der Waals surface area contributed by atoms with Crippen LogP contribution in [0.15, 0.2) is 0 Å². The van der Waals surface area contributed by atoms with Gasteiger partial charge in [-0.1, -0.05) is 0 Å². The molecule has 1 rings (SSSR count). The second kappa shape index (κ2) is 6.08. The second-order valence-electron chi connectivity index (χ2n) is 4.13. The number of nitrogens with zero attached hydrogens (tertiary/aromatic N) is 1. The van der Waals surface area contributed by atoms with E-state index in [1.807, 2.05) is 11.8 Å². The van der Waals surface area contributed by atoms with Crippen molar-refractivity contribution >= 4 is 5.91 Å². The summed E-state index contributed by atoms with van der Waals surface area (Å²) < 4.78 is 0. The summed E-state index contributed by atoms with van der Waals surface area (Å²) in [5.74, 6) is 0.368. The minimum Gasteiger partial charge on any atom is -0.396 e. The van der Waals surface area contributed by atoms with Gasteiger partial charge in [0.15, 0.2) is 0 Å². The first-order valence-corrected chi connectivity index (χ1v) is 5.83. The first kappa shape index (κ1) is 12.5. The number of rotatable bonds is 5. The number of carbonyl (C=O) groups is 1. The van der Waals surface area contributed by atoms with Crippen molar-refractivity contribution in [3.63, 3.8) is 0 Å². The van der Waals surface area contributed by atoms with E-state index in [0.29, 0.717) is 19.0 Å². The highest BCUT2D eigenvalue weighted by molar-refractivity contribution is 5.79. The van der Waals surface area contributed by atoms with Gasteiger partial charge in [0.2, 0.25) is 5.91 Å². The Morgan fingerprint density at radius 3 is 2.80 bits per heavy atom. The Bertz CT molecular complexity index is 209. The van der Waals surface area contributed by atoms with E-state index in [2.05, 4.69) is 12.2 Å². The number of nitrogens with one attached hydrogen (secondary N) is 1. The highest BCUT2D eigenvalue weighted by Crippen LogP contribution is 2.18. The van der Waals surface area contributed by atoms with Crippen molar-refractivity contribution in [2.75, 3.05) is 26.2 Å². The van der Waals surface area contributed by atoms with Gasteiger partial charge in [0.05, 0.1) is 5.92 Å². The van der Waals surface area contributed by atoms with Crippen LogP contribution < -0.4 is 5.32 Å². The standard InChI is InChI=1S/C11H22N2O2/c1-3-13(7-4-8-14)11(15)10-5-6-12-9(10)2/h9-10,12,14H,3-8H2,1-2H3. The van der Waals surface area contributed by atoms with Crippen molar-refractivity contribution in [3.8, 4) is 0 Å². The van der Waals surface area contributed by atoms with Gasteiger partial charge in [0.25, 0.3) is 0 Å². The summed E-state index contributed by atoms with van der Waals surface area (Å²) in [7, 11) is 0. The number of aliphatic hydroxyl groups is 1. The van der Waals surface area contributed by atoms with Gasteiger partial charge in [-0.25, -0.2) is 0 Å². The third-order valence-corrected chi connectivity index (χ3v) is 3.12. The van der Waals surface area contributed by atoms with Gasteiger partial charge in [-0.3, -0.25) is 4.79 Å². The average molecular weight is 214 g/mol. The Hall–Kier alpha value is -0.610. The molecule has 2 unspecified atom stereocenters. The molecule has 2 atom stereocenters. The highest BCUT2D eigenvalue weighted by atomic mass is 16.3. The summed E-state index contributed by atoms with van der Waals surface area (Å²) in [6.07, 6.45) is 1.61. The largest absolute Gasteiger partial charge is 0.396 e. The van der Waals surface area contributed by atoms with Crippen LogP contribution in [0.2, 0.25) is 0 Å². The van der Waals surface area contributed by atoms with Crippen molar-refractivity contribution in [3.05, 3.63) is 0 Å². The Balaban J connectivity index is 2.48. The zero-order valence-corrected chi connectivity index (χ0v) is 9.70. The molecule has 15 heavy (non-hydrogen) atoms. The predicted octanol–water partition coefficient (Wildman–Crippen LogP) is 0.215. The summed E-state index contributed by atoms with van der Waals surface area (Å²) >= 11 is 0. The van der Waals surface area contributed by atoms with Gasteiger partial charge < -0.3 is 15.3 Å². The molecular formula is C11H22N2O2. The maximum Gasteiger partial charge on any atom is 0.227 e. The average Bonchev–Trinajstić information content (AvgIpc) is 2.65. The third-order valence-electron chi connectivity index (χ3n) is 3.12. The van der Waals surface area contributed by atoms with Crippen LogP contribution >= 0.6 is 0 Å². The molecule has 4 heteroatoms. The Kier molecular flexibility index (Phi) is 5.05. The molecule has 2 N–H and O–H groups in total. The van der Waals surface area contributed by atoms with Gasteiger partial charge in [0, 0.05) is 25.7 Å². The molecule has 0 aromatic rings. The molecule has 0 bridgehead atoms. The lowest BCUT2D eigenvalue weighted by Crippen LogP contribution is -2.40. The number of aliphatic hydroxyl groups excluding tert-OH is 1. The molecule has 0 saturated carbocycles. The van der Waals surface area contributed by atoms with E-state index in [-0.39, 0.29) is 18.4 Å². The first-order chi connectivity index (χ1) is 7.20. The van der Waals surface area contributed by atoms with E-state index >= 15 is 0 Å². The minimum absolute atomic E-state index is 0.128. The highest BCUT2D eigenvalue weighted by Gasteiger charge is 2.31. The fourth-order valence-corrected chi connectivity index (χ4v) is 2.12. The fraction of sp³-hybridized carbons (Fsp3) is 0.909. The van der Waals surface area contributed by atoms with Gasteiger partial charge in [0.1, 0.15) is 0 Å². The fourth-order valence-electron chi connectivity index (χ4n) is 2.12. The van der Waals surface area contributed by atoms with Crippen molar-refractivity contribution in [1.29, 1.82) is 0 Å². The summed E-state index contributed by atoms with van der Waals surface area (Å²) in [4.78, 5) is 13.9. The number of hydrogen-bond donors (Lipinski definition) is 2. The number of hydrogen-bond acceptors (Lipinski definition) is 3. The summed E-state index contributed by atoms with van der Waals surface area (Å²) in [6.45, 7) is 6.56. The van der Waals surface area contributed by atoms with E-state index < -0.39 is 0 Å². The molecule has 0 radical (unpaired) electrons. The van der Waals surface area contributed by atoms with Crippen molar-refractivity contribution in [2.45, 2.75) is 32.7 Å². The zero-order valence-electron chi connectivity index (χ0n) is 9.70. The maximum absolute atomic E-state index is 12.1. The molecule has 1 amide bonds. The lowest BCUT2D eigenvalue weighted by Gasteiger charge is -2.25. The van der Waals surface area contributed by atoms with E-state index in [9.17, 15) is 4.79 Å². The van der Waals surface area contributed by atoms with E-state index in [4.69, 9.17) is 5.11 Å². The van der Waals surface area contributed by atoms with Gasteiger partial charge >= 0.3 is 0 Å². The van der Waals surface area contributed by atoms with Crippen LogP contribution in [0.5, 0.6) is 0 Å². The molecule has 1 aliphatic rings. The topological polar surface area (TPSA) is 52.6 Å². The maximum atomic E-state index is 12.1. The van der Waals surface area contributed by atoms with E-state index in [1.165, 1.54) is 0 Å². The van der Waals surface area contributed by atoms with Crippen LogP contribution in [-0.2, 0) is 4.79 Å². The van der Waals surface area contributed by atoms with Gasteiger partial charge in [-0.05, 0) is 33.2 Å². The zero-order chi connectivity index (χ0) is 11.3. The predicted molar refractivity (Wildman–Crippen MR) is 59.5 cm³/mol. The van der Waals surface area contributed by atoms with Crippen molar-refractivity contribution in [2.24, 2.45) is 5.92 Å². The molecule has 1 saturated heterocycles. The third kappa shape index (κ3) is 3.18. The van der Waals surface area contributed by atoms with Gasteiger partial charge in [-0.15, -0.1) is 0 Å². The van der Waals surface area contributed by atoms with Gasteiger partial charge in [-0.2, -0.15) is 0 Å². The molecular weight excluding hydrogens is 192 g/mol. The normalized spacial score (nSPS) is 25.5. The molecule has 1 heterocycles. The van der Waals surface area contributed by atoms with Crippen LogP contribution in [0, 0.1) is 5.92 Å². The summed E-state index contributed by atoms with van der Waals surface area (Å²) in [5, 5.41) is 12.0. The lowest BCUT2D eigenvalue weighted by atomic mass is 10.0. The lowest BCUT2D eigenvalue weighted by molar-refractivity contribution is -0.135. The van der Waals surface area contributed by atoms with Crippen molar-refractivity contribution < 1.29 is 9.90 Å². The SMILES string of the molecule is CCN(CCCO)C(=O)C1CCNC1C. The Morgan fingerprint density at radius 1 is 1.60 bits per heavy atom. The summed E-state index contributed by atoms with van der Waals surface area (Å²) in [5.41, 5.74) is 0. The molecule has 1 aliphatic heterocycles. The van der Waals surface area contributed by atoms with Crippen LogP contribution in [-0.4, -0.2) is 48.2 Å². The quantitative estimate of drug-likeness (QED) is 0.688. The summed E-state index contributed by atoms with van der Waals surface area (Å²) in [6, 6.07) is 0.292. The minimum atomic E-state index is 0.128. The Morgan fingerprint density at radius 2 is 2.33 bits per heavy atom. The van der Waals surface area contributed by atoms with Crippen LogP contribution in [0.3, 0.4) is 0 Å².